The second-order valence-electron chi connectivity index (χ2n) is 8.29. The summed E-state index contributed by atoms with van der Waals surface area (Å²) in [6.45, 7) is 1.89. The second-order valence-corrected chi connectivity index (χ2v) is 8.70. The number of halogens is 1. The van der Waals surface area contributed by atoms with Crippen LogP contribution in [0.15, 0.2) is 48.5 Å². The van der Waals surface area contributed by atoms with E-state index in [1.54, 1.807) is 0 Å². The van der Waals surface area contributed by atoms with Gasteiger partial charge in [0.15, 0.2) is 0 Å². The van der Waals surface area contributed by atoms with Crippen molar-refractivity contribution in [2.45, 2.75) is 31.1 Å². The molecule has 5 heteroatoms. The first kappa shape index (κ1) is 17.7. The molecule has 0 N–H and O–H groups in total. The molecule has 1 saturated carbocycles. The van der Waals surface area contributed by atoms with E-state index in [1.807, 2.05) is 46.2 Å². The quantitative estimate of drug-likeness (QED) is 0.791. The predicted octanol–water partition coefficient (Wildman–Crippen LogP) is 3.81. The lowest BCUT2D eigenvalue weighted by Gasteiger charge is -2.24. The Labute approximate surface area is 170 Å². The van der Waals surface area contributed by atoms with Crippen LogP contribution in [0.5, 0.6) is 0 Å². The first-order chi connectivity index (χ1) is 13.6. The number of para-hydroxylation sites is 1. The lowest BCUT2D eigenvalue weighted by Crippen LogP contribution is -2.44. The molecule has 4 nitrogen and oxygen atoms in total. The van der Waals surface area contributed by atoms with Gasteiger partial charge < -0.3 is 9.80 Å². The van der Waals surface area contributed by atoms with E-state index in [-0.39, 0.29) is 18.2 Å². The summed E-state index contributed by atoms with van der Waals surface area (Å²) in [5, 5.41) is 0.614. The number of benzene rings is 2. The van der Waals surface area contributed by atoms with Crippen molar-refractivity contribution in [3.63, 3.8) is 0 Å². The molecule has 2 aliphatic heterocycles. The molecule has 2 heterocycles. The standard InChI is InChI=1S/C23H23ClN2O2/c24-19-7-3-1-5-17(19)13-21(27)25-12-11-23(15-25)18-6-2-4-8-20(18)26(22(23)28)14-16-9-10-16/h1-8,16H,9-15H2. The third kappa shape index (κ3) is 2.82. The van der Waals surface area contributed by atoms with E-state index >= 15 is 0 Å². The molecule has 1 spiro atoms. The smallest absolute Gasteiger partial charge is 0.239 e. The Balaban J connectivity index is 1.40. The van der Waals surface area contributed by atoms with Crippen molar-refractivity contribution in [3.05, 3.63) is 64.7 Å². The molecular formula is C23H23ClN2O2. The molecule has 144 valence electrons. The molecule has 0 bridgehead atoms. The van der Waals surface area contributed by atoms with Gasteiger partial charge in [-0.1, -0.05) is 48.0 Å². The minimum Gasteiger partial charge on any atom is -0.341 e. The van der Waals surface area contributed by atoms with Gasteiger partial charge in [-0.2, -0.15) is 0 Å². The van der Waals surface area contributed by atoms with Crippen molar-refractivity contribution in [1.29, 1.82) is 0 Å². The zero-order chi connectivity index (χ0) is 19.3. The van der Waals surface area contributed by atoms with Crippen molar-refractivity contribution in [1.82, 2.24) is 4.90 Å². The summed E-state index contributed by atoms with van der Waals surface area (Å²) in [6.07, 6.45) is 3.39. The molecule has 1 saturated heterocycles. The van der Waals surface area contributed by atoms with E-state index in [4.69, 9.17) is 11.6 Å². The summed E-state index contributed by atoms with van der Waals surface area (Å²) >= 11 is 6.23. The van der Waals surface area contributed by atoms with Gasteiger partial charge >= 0.3 is 0 Å². The minimum absolute atomic E-state index is 0.0379. The zero-order valence-electron chi connectivity index (χ0n) is 15.7. The second kappa shape index (κ2) is 6.63. The maximum atomic E-state index is 13.5. The molecule has 2 aromatic rings. The Bertz CT molecular complexity index is 955. The average Bonchev–Trinajstić information content (AvgIpc) is 3.37. The van der Waals surface area contributed by atoms with E-state index in [1.165, 1.54) is 12.8 Å². The molecule has 2 amide bonds. The highest BCUT2D eigenvalue weighted by atomic mass is 35.5. The van der Waals surface area contributed by atoms with E-state index < -0.39 is 5.41 Å². The number of anilines is 1. The fourth-order valence-corrected chi connectivity index (χ4v) is 4.87. The summed E-state index contributed by atoms with van der Waals surface area (Å²) in [4.78, 5) is 30.3. The lowest BCUT2D eigenvalue weighted by atomic mass is 9.81. The molecule has 2 fully saturated rings. The van der Waals surface area contributed by atoms with Gasteiger partial charge in [0.25, 0.3) is 0 Å². The highest BCUT2D eigenvalue weighted by molar-refractivity contribution is 6.31. The van der Waals surface area contributed by atoms with Crippen molar-refractivity contribution < 1.29 is 9.59 Å². The van der Waals surface area contributed by atoms with E-state index in [9.17, 15) is 9.59 Å². The van der Waals surface area contributed by atoms with Crippen LogP contribution in [-0.4, -0.2) is 36.3 Å². The molecule has 2 aromatic carbocycles. The fraction of sp³-hybridized carbons (Fsp3) is 0.391. The average molecular weight is 395 g/mol. The predicted molar refractivity (Wildman–Crippen MR) is 110 cm³/mol. The molecule has 0 radical (unpaired) electrons. The first-order valence-corrected chi connectivity index (χ1v) is 10.4. The van der Waals surface area contributed by atoms with Gasteiger partial charge in [0, 0.05) is 30.3 Å². The monoisotopic (exact) mass is 394 g/mol. The number of carbonyl (C=O) groups excluding carboxylic acids is 2. The number of carbonyl (C=O) groups is 2. The Morgan fingerprint density at radius 2 is 1.86 bits per heavy atom. The molecule has 1 atom stereocenters. The third-order valence-corrected chi connectivity index (χ3v) is 6.79. The van der Waals surface area contributed by atoms with Crippen LogP contribution in [0.4, 0.5) is 5.69 Å². The molecule has 1 aliphatic carbocycles. The van der Waals surface area contributed by atoms with Crippen LogP contribution in [0.2, 0.25) is 5.02 Å². The summed E-state index contributed by atoms with van der Waals surface area (Å²) in [5.74, 6) is 0.844. The number of hydrogen-bond donors (Lipinski definition) is 0. The highest BCUT2D eigenvalue weighted by Gasteiger charge is 2.55. The van der Waals surface area contributed by atoms with Crippen LogP contribution >= 0.6 is 11.6 Å². The third-order valence-electron chi connectivity index (χ3n) is 6.42. The molecule has 3 aliphatic rings. The number of rotatable bonds is 4. The largest absolute Gasteiger partial charge is 0.341 e. The number of nitrogens with zero attached hydrogens (tertiary/aromatic N) is 2. The van der Waals surface area contributed by atoms with Crippen LogP contribution in [0.25, 0.3) is 0 Å². The Kier molecular flexibility index (Phi) is 4.20. The van der Waals surface area contributed by atoms with Gasteiger partial charge in [0.2, 0.25) is 11.8 Å². The van der Waals surface area contributed by atoms with E-state index in [0.717, 1.165) is 23.4 Å². The van der Waals surface area contributed by atoms with Crippen molar-refractivity contribution in [2.24, 2.45) is 5.92 Å². The number of hydrogen-bond acceptors (Lipinski definition) is 2. The fourth-order valence-electron chi connectivity index (χ4n) is 4.67. The topological polar surface area (TPSA) is 40.6 Å². The van der Waals surface area contributed by atoms with Crippen molar-refractivity contribution in [2.75, 3.05) is 24.5 Å². The lowest BCUT2D eigenvalue weighted by molar-refractivity contribution is -0.130. The number of fused-ring (bicyclic) bond motifs is 2. The highest BCUT2D eigenvalue weighted by Crippen LogP contribution is 2.48. The number of amides is 2. The van der Waals surface area contributed by atoms with Gasteiger partial charge in [0.1, 0.15) is 0 Å². The van der Waals surface area contributed by atoms with Crippen LogP contribution in [0, 0.1) is 5.92 Å². The van der Waals surface area contributed by atoms with Crippen LogP contribution in [-0.2, 0) is 21.4 Å². The maximum absolute atomic E-state index is 13.5. The summed E-state index contributed by atoms with van der Waals surface area (Å²) in [7, 11) is 0. The summed E-state index contributed by atoms with van der Waals surface area (Å²) < 4.78 is 0. The van der Waals surface area contributed by atoms with Crippen LogP contribution in [0.1, 0.15) is 30.4 Å². The normalized spacial score (nSPS) is 23.5. The van der Waals surface area contributed by atoms with Gasteiger partial charge in [-0.05, 0) is 48.4 Å². The van der Waals surface area contributed by atoms with Crippen LogP contribution < -0.4 is 4.90 Å². The molecule has 28 heavy (non-hydrogen) atoms. The van der Waals surface area contributed by atoms with Crippen molar-refractivity contribution >= 4 is 29.1 Å². The summed E-state index contributed by atoms with van der Waals surface area (Å²) in [5.41, 5.74) is 2.39. The molecule has 1 unspecified atom stereocenters. The first-order valence-electron chi connectivity index (χ1n) is 10.0. The number of likely N-dealkylation sites (tertiary alicyclic amines) is 1. The SMILES string of the molecule is O=C(Cc1ccccc1Cl)N1CCC2(C1)C(=O)N(CC1CC1)c1ccccc12. The van der Waals surface area contributed by atoms with Gasteiger partial charge in [-0.25, -0.2) is 0 Å². The zero-order valence-corrected chi connectivity index (χ0v) is 16.5. The van der Waals surface area contributed by atoms with Gasteiger partial charge in [-0.15, -0.1) is 0 Å². The molecular weight excluding hydrogens is 372 g/mol. The Morgan fingerprint density at radius 3 is 2.64 bits per heavy atom. The molecule has 0 aromatic heterocycles. The maximum Gasteiger partial charge on any atom is 0.239 e. The Morgan fingerprint density at radius 1 is 1.11 bits per heavy atom. The van der Waals surface area contributed by atoms with Gasteiger partial charge in [-0.3, -0.25) is 9.59 Å². The Hall–Kier alpha value is -2.33. The van der Waals surface area contributed by atoms with Crippen molar-refractivity contribution in [3.8, 4) is 0 Å². The minimum atomic E-state index is -0.582. The van der Waals surface area contributed by atoms with E-state index in [2.05, 4.69) is 12.1 Å². The molecule has 5 rings (SSSR count). The van der Waals surface area contributed by atoms with Gasteiger partial charge in [0.05, 0.1) is 11.8 Å². The van der Waals surface area contributed by atoms with Crippen LogP contribution in [0.3, 0.4) is 0 Å². The summed E-state index contributed by atoms with van der Waals surface area (Å²) in [6, 6.07) is 15.6. The van der Waals surface area contributed by atoms with E-state index in [0.29, 0.717) is 30.5 Å².